The maximum absolute atomic E-state index is 13.5. The highest BCUT2D eigenvalue weighted by atomic mass is 127. The summed E-state index contributed by atoms with van der Waals surface area (Å²) in [6, 6.07) is 6.70. The predicted octanol–water partition coefficient (Wildman–Crippen LogP) is 2.31. The molecule has 120 valence electrons. The van der Waals surface area contributed by atoms with Crippen molar-refractivity contribution in [1.82, 2.24) is 20.4 Å². The van der Waals surface area contributed by atoms with Crippen LogP contribution in [-0.2, 0) is 13.1 Å². The van der Waals surface area contributed by atoms with Gasteiger partial charge in [-0.25, -0.2) is 4.39 Å². The largest absolute Gasteiger partial charge is 0.355 e. The van der Waals surface area contributed by atoms with Gasteiger partial charge in [-0.2, -0.15) is 5.10 Å². The van der Waals surface area contributed by atoms with E-state index < -0.39 is 0 Å². The minimum Gasteiger partial charge on any atom is -0.355 e. The molecule has 0 amide bonds. The van der Waals surface area contributed by atoms with Crippen molar-refractivity contribution in [1.29, 1.82) is 0 Å². The predicted molar refractivity (Wildman–Crippen MR) is 97.0 cm³/mol. The van der Waals surface area contributed by atoms with Crippen molar-refractivity contribution in [3.63, 3.8) is 0 Å². The van der Waals surface area contributed by atoms with Gasteiger partial charge in [0.1, 0.15) is 5.82 Å². The van der Waals surface area contributed by atoms with Crippen LogP contribution in [0.1, 0.15) is 11.1 Å². The number of guanidine groups is 1. The SMILES string of the molecule is CN=C(NCCn1cc(C)cn1)NCc1ccccc1F.I. The summed E-state index contributed by atoms with van der Waals surface area (Å²) in [7, 11) is 1.69. The fraction of sp³-hybridized carbons (Fsp3) is 0.333. The first-order valence-corrected chi connectivity index (χ1v) is 6.86. The Balaban J connectivity index is 0.00000242. The molecule has 0 fully saturated rings. The summed E-state index contributed by atoms with van der Waals surface area (Å²) in [5.74, 6) is 0.426. The number of hydrogen-bond acceptors (Lipinski definition) is 2. The van der Waals surface area contributed by atoms with Crippen LogP contribution in [0.2, 0.25) is 0 Å². The van der Waals surface area contributed by atoms with Gasteiger partial charge in [0.05, 0.1) is 12.7 Å². The number of hydrogen-bond donors (Lipinski definition) is 2. The van der Waals surface area contributed by atoms with Crippen LogP contribution in [0, 0.1) is 12.7 Å². The van der Waals surface area contributed by atoms with Gasteiger partial charge in [0.15, 0.2) is 5.96 Å². The smallest absolute Gasteiger partial charge is 0.191 e. The topological polar surface area (TPSA) is 54.2 Å². The van der Waals surface area contributed by atoms with Gasteiger partial charge in [-0.3, -0.25) is 9.67 Å². The van der Waals surface area contributed by atoms with Crippen LogP contribution in [0.15, 0.2) is 41.7 Å². The lowest BCUT2D eigenvalue weighted by Gasteiger charge is -2.12. The molecule has 2 N–H and O–H groups in total. The van der Waals surface area contributed by atoms with E-state index in [0.717, 1.165) is 12.1 Å². The lowest BCUT2D eigenvalue weighted by molar-refractivity contribution is 0.591. The molecule has 0 saturated heterocycles. The maximum Gasteiger partial charge on any atom is 0.191 e. The van der Waals surface area contributed by atoms with Crippen LogP contribution in [0.25, 0.3) is 0 Å². The quantitative estimate of drug-likeness (QED) is 0.446. The van der Waals surface area contributed by atoms with Gasteiger partial charge < -0.3 is 10.6 Å². The van der Waals surface area contributed by atoms with E-state index >= 15 is 0 Å². The van der Waals surface area contributed by atoms with Gasteiger partial charge >= 0.3 is 0 Å². The summed E-state index contributed by atoms with van der Waals surface area (Å²) in [6.45, 7) is 3.84. The molecule has 0 radical (unpaired) electrons. The number of nitrogens with one attached hydrogen (secondary N) is 2. The standard InChI is InChI=1S/C15H20FN5.HI/c1-12-9-20-21(11-12)8-7-18-15(17-2)19-10-13-5-3-4-6-14(13)16;/h3-6,9,11H,7-8,10H2,1-2H3,(H2,17,18,19);1H. The first kappa shape index (κ1) is 18.4. The van der Waals surface area contributed by atoms with Gasteiger partial charge in [-0.05, 0) is 18.6 Å². The maximum atomic E-state index is 13.5. The highest BCUT2D eigenvalue weighted by Crippen LogP contribution is 2.05. The molecule has 0 atom stereocenters. The van der Waals surface area contributed by atoms with Gasteiger partial charge in [-0.15, -0.1) is 24.0 Å². The summed E-state index contributed by atoms with van der Waals surface area (Å²) in [5.41, 5.74) is 1.75. The fourth-order valence-electron chi connectivity index (χ4n) is 1.92. The summed E-state index contributed by atoms with van der Waals surface area (Å²) < 4.78 is 15.4. The van der Waals surface area contributed by atoms with Crippen molar-refractivity contribution in [2.45, 2.75) is 20.0 Å². The van der Waals surface area contributed by atoms with E-state index in [0.29, 0.717) is 24.6 Å². The van der Waals surface area contributed by atoms with Gasteiger partial charge in [0.2, 0.25) is 0 Å². The lowest BCUT2D eigenvalue weighted by Crippen LogP contribution is -2.38. The second-order valence-electron chi connectivity index (χ2n) is 4.72. The van der Waals surface area contributed by atoms with Crippen molar-refractivity contribution in [2.24, 2.45) is 4.99 Å². The molecule has 0 saturated carbocycles. The van der Waals surface area contributed by atoms with Crippen molar-refractivity contribution in [3.8, 4) is 0 Å². The highest BCUT2D eigenvalue weighted by molar-refractivity contribution is 14.0. The molecule has 0 aliphatic heterocycles. The number of nitrogens with zero attached hydrogens (tertiary/aromatic N) is 3. The van der Waals surface area contributed by atoms with Crippen molar-refractivity contribution < 1.29 is 4.39 Å². The van der Waals surface area contributed by atoms with Crippen LogP contribution < -0.4 is 10.6 Å². The Morgan fingerprint density at radius 1 is 1.32 bits per heavy atom. The zero-order valence-corrected chi connectivity index (χ0v) is 15.0. The van der Waals surface area contributed by atoms with Crippen LogP contribution in [0.3, 0.4) is 0 Å². The van der Waals surface area contributed by atoms with E-state index in [1.54, 1.807) is 19.2 Å². The summed E-state index contributed by atoms with van der Waals surface area (Å²) in [5, 5.41) is 10.5. The first-order valence-electron chi connectivity index (χ1n) is 6.86. The Kier molecular flexibility index (Phi) is 7.86. The zero-order valence-electron chi connectivity index (χ0n) is 12.7. The fourth-order valence-corrected chi connectivity index (χ4v) is 1.92. The molecule has 0 aliphatic rings. The third-order valence-corrected chi connectivity index (χ3v) is 3.02. The minimum absolute atomic E-state index is 0. The number of rotatable bonds is 5. The molecule has 0 spiro atoms. The normalized spacial score (nSPS) is 11.0. The van der Waals surface area contributed by atoms with E-state index in [1.165, 1.54) is 6.07 Å². The van der Waals surface area contributed by atoms with Gasteiger partial charge in [-0.1, -0.05) is 18.2 Å². The Morgan fingerprint density at radius 2 is 2.09 bits per heavy atom. The van der Waals surface area contributed by atoms with Crippen molar-refractivity contribution in [3.05, 3.63) is 53.6 Å². The van der Waals surface area contributed by atoms with Crippen LogP contribution in [0.5, 0.6) is 0 Å². The van der Waals surface area contributed by atoms with E-state index in [1.807, 2.05) is 30.1 Å². The average Bonchev–Trinajstić information content (AvgIpc) is 2.90. The van der Waals surface area contributed by atoms with Crippen molar-refractivity contribution in [2.75, 3.05) is 13.6 Å². The minimum atomic E-state index is -0.215. The average molecular weight is 417 g/mol. The second-order valence-corrected chi connectivity index (χ2v) is 4.72. The first-order chi connectivity index (χ1) is 10.2. The molecule has 5 nitrogen and oxygen atoms in total. The molecule has 22 heavy (non-hydrogen) atoms. The second kappa shape index (κ2) is 9.39. The molecule has 2 aromatic rings. The molecule has 1 heterocycles. The third-order valence-electron chi connectivity index (χ3n) is 3.02. The van der Waals surface area contributed by atoms with Crippen LogP contribution in [-0.4, -0.2) is 29.3 Å². The lowest BCUT2D eigenvalue weighted by atomic mass is 10.2. The van der Waals surface area contributed by atoms with Crippen LogP contribution in [0.4, 0.5) is 4.39 Å². The monoisotopic (exact) mass is 417 g/mol. The molecule has 0 aliphatic carbocycles. The van der Waals surface area contributed by atoms with Gasteiger partial charge in [0.25, 0.3) is 0 Å². The molecular weight excluding hydrogens is 396 g/mol. The number of aliphatic imine (C=N–C) groups is 1. The summed E-state index contributed by atoms with van der Waals surface area (Å²) >= 11 is 0. The Morgan fingerprint density at radius 3 is 2.73 bits per heavy atom. The molecule has 0 unspecified atom stereocenters. The van der Waals surface area contributed by atoms with E-state index in [2.05, 4.69) is 20.7 Å². The Labute approximate surface area is 147 Å². The Hall–Kier alpha value is -1.64. The summed E-state index contributed by atoms with van der Waals surface area (Å²) in [6.07, 6.45) is 3.81. The number of aromatic nitrogens is 2. The van der Waals surface area contributed by atoms with Crippen molar-refractivity contribution >= 4 is 29.9 Å². The third kappa shape index (κ3) is 5.63. The van der Waals surface area contributed by atoms with E-state index in [-0.39, 0.29) is 29.8 Å². The highest BCUT2D eigenvalue weighted by Gasteiger charge is 2.02. The molecule has 1 aromatic heterocycles. The summed E-state index contributed by atoms with van der Waals surface area (Å²) in [4.78, 5) is 4.11. The zero-order chi connectivity index (χ0) is 15.1. The molecule has 2 rings (SSSR count). The van der Waals surface area contributed by atoms with Crippen LogP contribution >= 0.6 is 24.0 Å². The number of aryl methyl sites for hydroxylation is 1. The van der Waals surface area contributed by atoms with E-state index in [4.69, 9.17) is 0 Å². The number of benzene rings is 1. The van der Waals surface area contributed by atoms with Gasteiger partial charge in [0, 0.05) is 31.9 Å². The molecule has 0 bridgehead atoms. The molecule has 7 heteroatoms. The van der Waals surface area contributed by atoms with E-state index in [9.17, 15) is 4.39 Å². The number of halogens is 2. The Bertz CT molecular complexity index is 611. The molecular formula is C15H21FIN5. The molecule has 1 aromatic carbocycles.